The molecule has 1 saturated heterocycles. The summed E-state index contributed by atoms with van der Waals surface area (Å²) in [6.07, 6.45) is 4.64. The third-order valence-electron chi connectivity index (χ3n) is 6.76. The molecule has 1 fully saturated rings. The van der Waals surface area contributed by atoms with E-state index in [4.69, 9.17) is 4.84 Å². The fraction of sp³-hybridized carbons (Fsp3) is 0.233. The van der Waals surface area contributed by atoms with Gasteiger partial charge in [-0.2, -0.15) is 0 Å². The predicted molar refractivity (Wildman–Crippen MR) is 144 cm³/mol. The summed E-state index contributed by atoms with van der Waals surface area (Å²) in [5.74, 6) is -0.534. The van der Waals surface area contributed by atoms with Crippen LogP contribution >= 0.6 is 0 Å². The topological polar surface area (TPSA) is 59.7 Å². The summed E-state index contributed by atoms with van der Waals surface area (Å²) in [4.78, 5) is 25.4. The summed E-state index contributed by atoms with van der Waals surface area (Å²) >= 11 is 0. The van der Waals surface area contributed by atoms with E-state index < -0.39 is 11.6 Å². The molecule has 0 N–H and O–H groups in total. The molecule has 8 heteroatoms. The van der Waals surface area contributed by atoms with Crippen molar-refractivity contribution in [1.29, 1.82) is 0 Å². The molecule has 0 unspecified atom stereocenters. The van der Waals surface area contributed by atoms with Gasteiger partial charge < -0.3 is 9.74 Å². The van der Waals surface area contributed by atoms with E-state index in [1.165, 1.54) is 22.8 Å². The Morgan fingerprint density at radius 2 is 1.74 bits per heavy atom. The number of aryl methyl sites for hydroxylation is 2. The maximum absolute atomic E-state index is 15.0. The van der Waals surface area contributed by atoms with Crippen molar-refractivity contribution in [1.82, 2.24) is 9.55 Å². The number of benzene rings is 2. The summed E-state index contributed by atoms with van der Waals surface area (Å²) in [6.45, 7) is 5.34. The predicted octanol–water partition coefficient (Wildman–Crippen LogP) is 5.57. The number of anilines is 1. The van der Waals surface area contributed by atoms with Crippen LogP contribution < -0.4 is 10.5 Å². The third-order valence-corrected chi connectivity index (χ3v) is 6.76. The second kappa shape index (κ2) is 11.0. The van der Waals surface area contributed by atoms with Crippen LogP contribution in [0.15, 0.2) is 89.1 Å². The van der Waals surface area contributed by atoms with Gasteiger partial charge in [0.15, 0.2) is 0 Å². The number of aromatic nitrogens is 2. The summed E-state index contributed by atoms with van der Waals surface area (Å²) in [6, 6.07) is 17.9. The van der Waals surface area contributed by atoms with Crippen molar-refractivity contribution in [2.75, 3.05) is 18.0 Å². The van der Waals surface area contributed by atoms with Crippen LogP contribution in [-0.2, 0) is 4.84 Å². The third kappa shape index (κ3) is 5.34. The van der Waals surface area contributed by atoms with E-state index in [2.05, 4.69) is 15.0 Å². The number of para-hydroxylation sites is 1. The van der Waals surface area contributed by atoms with Gasteiger partial charge in [-0.25, -0.2) is 13.8 Å². The summed E-state index contributed by atoms with van der Waals surface area (Å²) in [5.41, 5.74) is 3.12. The van der Waals surface area contributed by atoms with Gasteiger partial charge >= 0.3 is 0 Å². The van der Waals surface area contributed by atoms with Crippen LogP contribution in [-0.4, -0.2) is 34.5 Å². The van der Waals surface area contributed by atoms with Crippen molar-refractivity contribution < 1.29 is 13.6 Å². The van der Waals surface area contributed by atoms with Gasteiger partial charge in [-0.1, -0.05) is 29.4 Å². The summed E-state index contributed by atoms with van der Waals surface area (Å²) in [7, 11) is 0. The number of halogens is 2. The van der Waals surface area contributed by atoms with E-state index in [1.54, 1.807) is 18.5 Å². The minimum Gasteiger partial charge on any atom is -0.392 e. The van der Waals surface area contributed by atoms with Gasteiger partial charge in [0.1, 0.15) is 29.3 Å². The first kappa shape index (κ1) is 25.3. The maximum Gasteiger partial charge on any atom is 0.255 e. The van der Waals surface area contributed by atoms with E-state index in [1.807, 2.05) is 50.2 Å². The Kier molecular flexibility index (Phi) is 7.31. The Morgan fingerprint density at radius 1 is 0.974 bits per heavy atom. The quantitative estimate of drug-likeness (QED) is 0.250. The number of rotatable bonds is 6. The fourth-order valence-electron chi connectivity index (χ4n) is 4.78. The molecule has 0 radical (unpaired) electrons. The molecule has 0 amide bonds. The van der Waals surface area contributed by atoms with Crippen molar-refractivity contribution in [3.05, 3.63) is 123 Å². The zero-order valence-electron chi connectivity index (χ0n) is 21.3. The molecule has 0 bridgehead atoms. The van der Waals surface area contributed by atoms with Gasteiger partial charge in [0.25, 0.3) is 5.56 Å². The molecule has 2 aromatic carbocycles. The van der Waals surface area contributed by atoms with Crippen molar-refractivity contribution in [2.24, 2.45) is 5.16 Å². The van der Waals surface area contributed by atoms with Crippen LogP contribution in [0.2, 0.25) is 0 Å². The highest BCUT2D eigenvalue weighted by molar-refractivity contribution is 6.12. The number of oxime groups is 1. The Morgan fingerprint density at radius 3 is 2.42 bits per heavy atom. The molecule has 4 aromatic rings. The zero-order chi connectivity index (χ0) is 26.6. The molecule has 1 aliphatic heterocycles. The average Bonchev–Trinajstić information content (AvgIpc) is 2.92. The Balaban J connectivity index is 1.48. The maximum atomic E-state index is 15.0. The average molecular weight is 515 g/mol. The molecule has 0 atom stereocenters. The molecular formula is C30H28F2N4O2. The lowest BCUT2D eigenvalue weighted by molar-refractivity contribution is 0.0421. The first-order valence-corrected chi connectivity index (χ1v) is 12.6. The molecular weight excluding hydrogens is 486 g/mol. The zero-order valence-corrected chi connectivity index (χ0v) is 21.3. The molecule has 0 saturated carbocycles. The number of hydrogen-bond acceptors (Lipinski definition) is 5. The second-order valence-electron chi connectivity index (χ2n) is 9.41. The number of nitrogens with zero attached hydrogens (tertiary/aromatic N) is 4. The Hall–Kier alpha value is -4.33. The van der Waals surface area contributed by atoms with Crippen molar-refractivity contribution >= 4 is 11.5 Å². The lowest BCUT2D eigenvalue weighted by Gasteiger charge is -2.31. The molecule has 6 nitrogen and oxygen atoms in total. The van der Waals surface area contributed by atoms with Crippen molar-refractivity contribution in [2.45, 2.75) is 32.8 Å². The normalized spacial score (nSPS) is 14.5. The minimum atomic E-state index is -0.762. The Bertz CT molecular complexity index is 1510. The van der Waals surface area contributed by atoms with Gasteiger partial charge in [-0.15, -0.1) is 0 Å². The van der Waals surface area contributed by atoms with Gasteiger partial charge in [-0.05, 0) is 55.3 Å². The van der Waals surface area contributed by atoms with E-state index in [9.17, 15) is 13.6 Å². The van der Waals surface area contributed by atoms with Crippen LogP contribution in [0.1, 0.15) is 35.1 Å². The highest BCUT2D eigenvalue weighted by Gasteiger charge is 2.23. The smallest absolute Gasteiger partial charge is 0.255 e. The van der Waals surface area contributed by atoms with E-state index in [0.717, 1.165) is 41.8 Å². The van der Waals surface area contributed by atoms with E-state index >= 15 is 0 Å². The first-order valence-electron chi connectivity index (χ1n) is 12.6. The van der Waals surface area contributed by atoms with Crippen LogP contribution in [0.5, 0.6) is 0 Å². The molecule has 2 aromatic heterocycles. The van der Waals surface area contributed by atoms with Crippen LogP contribution in [0, 0.1) is 25.5 Å². The minimum absolute atomic E-state index is 0.0871. The van der Waals surface area contributed by atoms with Gasteiger partial charge in [0.05, 0.1) is 5.69 Å². The molecule has 38 heavy (non-hydrogen) atoms. The number of piperidine rings is 1. The largest absolute Gasteiger partial charge is 0.392 e. The van der Waals surface area contributed by atoms with Crippen molar-refractivity contribution in [3.8, 4) is 5.69 Å². The summed E-state index contributed by atoms with van der Waals surface area (Å²) in [5, 5.41) is 4.39. The molecule has 5 rings (SSSR count). The summed E-state index contributed by atoms with van der Waals surface area (Å²) < 4.78 is 30.2. The van der Waals surface area contributed by atoms with Gasteiger partial charge in [0, 0.05) is 61.6 Å². The molecule has 3 heterocycles. The van der Waals surface area contributed by atoms with Gasteiger partial charge in [-0.3, -0.25) is 9.36 Å². The van der Waals surface area contributed by atoms with E-state index in [-0.39, 0.29) is 22.9 Å². The van der Waals surface area contributed by atoms with Crippen LogP contribution in [0.3, 0.4) is 0 Å². The highest BCUT2D eigenvalue weighted by Crippen LogP contribution is 2.23. The molecule has 1 aliphatic rings. The number of hydrogen-bond donors (Lipinski definition) is 0. The van der Waals surface area contributed by atoms with Crippen molar-refractivity contribution in [3.63, 3.8) is 0 Å². The monoisotopic (exact) mass is 514 g/mol. The van der Waals surface area contributed by atoms with Crippen LogP contribution in [0.4, 0.5) is 14.6 Å². The first-order chi connectivity index (χ1) is 18.4. The van der Waals surface area contributed by atoms with Gasteiger partial charge in [0.2, 0.25) is 0 Å². The lowest BCUT2D eigenvalue weighted by Crippen LogP contribution is -2.37. The number of pyridine rings is 2. The fourth-order valence-corrected chi connectivity index (χ4v) is 4.78. The molecule has 0 aliphatic carbocycles. The standard InChI is InChI=1S/C30H28F2N4O2/c1-20-6-5-7-21(2)30(20)36-19-22(9-12-28(36)37)29(25-11-10-23(31)18-26(25)32)34-38-24-13-16-35(17-14-24)27-8-3-4-15-33-27/h3-12,15,18-19,24H,13-14,16-17H2,1-2H3/b34-29-. The SMILES string of the molecule is Cc1cccc(C)c1-n1cc(/C(=N/OC2CCN(c3ccccn3)CC2)c2ccc(F)cc2F)ccc1=O. The Labute approximate surface area is 219 Å². The molecule has 194 valence electrons. The van der Waals surface area contributed by atoms with Crippen LogP contribution in [0.25, 0.3) is 5.69 Å². The second-order valence-corrected chi connectivity index (χ2v) is 9.41. The van der Waals surface area contributed by atoms with E-state index in [0.29, 0.717) is 18.4 Å². The molecule has 0 spiro atoms. The highest BCUT2D eigenvalue weighted by atomic mass is 19.1. The lowest BCUT2D eigenvalue weighted by atomic mass is 10.0.